The first kappa shape index (κ1) is 11.7. The summed E-state index contributed by atoms with van der Waals surface area (Å²) in [5.41, 5.74) is 0.866. The van der Waals surface area contributed by atoms with E-state index in [4.69, 9.17) is 11.6 Å². The second-order valence-electron chi connectivity index (χ2n) is 4.50. The van der Waals surface area contributed by atoms with Crippen molar-refractivity contribution in [3.8, 4) is 0 Å². The SMILES string of the molecule is CC1CN(c2cc(F)cc(Cl)c2)CC(C)N1. The lowest BCUT2D eigenvalue weighted by Crippen LogP contribution is -2.54. The zero-order valence-corrected chi connectivity index (χ0v) is 10.3. The van der Waals surface area contributed by atoms with E-state index in [1.54, 1.807) is 0 Å². The molecule has 1 heterocycles. The van der Waals surface area contributed by atoms with Crippen LogP contribution < -0.4 is 10.2 Å². The van der Waals surface area contributed by atoms with Gasteiger partial charge in [-0.1, -0.05) is 11.6 Å². The summed E-state index contributed by atoms with van der Waals surface area (Å²) in [5, 5.41) is 3.89. The van der Waals surface area contributed by atoms with Gasteiger partial charge in [0.05, 0.1) is 0 Å². The van der Waals surface area contributed by atoms with Crippen molar-refractivity contribution in [3.05, 3.63) is 29.0 Å². The van der Waals surface area contributed by atoms with E-state index in [1.165, 1.54) is 12.1 Å². The Bertz CT molecular complexity index is 353. The maximum atomic E-state index is 13.3. The van der Waals surface area contributed by atoms with Crippen molar-refractivity contribution in [2.24, 2.45) is 0 Å². The van der Waals surface area contributed by atoms with E-state index >= 15 is 0 Å². The van der Waals surface area contributed by atoms with Crippen LogP contribution >= 0.6 is 11.6 Å². The van der Waals surface area contributed by atoms with E-state index in [0.717, 1.165) is 18.8 Å². The van der Waals surface area contributed by atoms with Crippen molar-refractivity contribution < 1.29 is 4.39 Å². The maximum Gasteiger partial charge on any atom is 0.126 e. The van der Waals surface area contributed by atoms with Gasteiger partial charge < -0.3 is 10.2 Å². The summed E-state index contributed by atoms with van der Waals surface area (Å²) in [6, 6.07) is 5.50. The Hall–Kier alpha value is -0.800. The minimum atomic E-state index is -0.277. The molecule has 2 unspecified atom stereocenters. The number of hydrogen-bond acceptors (Lipinski definition) is 2. The molecule has 1 N–H and O–H groups in total. The number of halogens is 2. The first-order valence-electron chi connectivity index (χ1n) is 5.51. The predicted molar refractivity (Wildman–Crippen MR) is 65.7 cm³/mol. The molecule has 1 aromatic rings. The minimum absolute atomic E-state index is 0.277. The molecule has 2 rings (SSSR count). The molecule has 0 bridgehead atoms. The van der Waals surface area contributed by atoms with Crippen LogP contribution in [0.3, 0.4) is 0 Å². The van der Waals surface area contributed by atoms with E-state index in [2.05, 4.69) is 24.1 Å². The van der Waals surface area contributed by atoms with Gasteiger partial charge in [-0.3, -0.25) is 0 Å². The molecule has 0 spiro atoms. The van der Waals surface area contributed by atoms with Gasteiger partial charge in [0.2, 0.25) is 0 Å². The number of hydrogen-bond donors (Lipinski definition) is 1. The first-order valence-corrected chi connectivity index (χ1v) is 5.89. The summed E-state index contributed by atoms with van der Waals surface area (Å²) in [6.45, 7) is 6.02. The molecule has 0 saturated carbocycles. The molecule has 16 heavy (non-hydrogen) atoms. The third-order valence-electron chi connectivity index (χ3n) is 2.77. The summed E-state index contributed by atoms with van der Waals surface area (Å²) in [4.78, 5) is 2.17. The van der Waals surface area contributed by atoms with Crippen LogP contribution in [0.25, 0.3) is 0 Å². The number of nitrogens with one attached hydrogen (secondary N) is 1. The average molecular weight is 243 g/mol. The van der Waals surface area contributed by atoms with Gasteiger partial charge >= 0.3 is 0 Å². The summed E-state index contributed by atoms with van der Waals surface area (Å²) in [7, 11) is 0. The van der Waals surface area contributed by atoms with Crippen molar-refractivity contribution in [2.75, 3.05) is 18.0 Å². The Balaban J connectivity index is 2.22. The van der Waals surface area contributed by atoms with Crippen LogP contribution in [-0.2, 0) is 0 Å². The molecule has 1 aliphatic rings. The van der Waals surface area contributed by atoms with Crippen molar-refractivity contribution in [3.63, 3.8) is 0 Å². The van der Waals surface area contributed by atoms with Crippen molar-refractivity contribution in [1.29, 1.82) is 0 Å². The third kappa shape index (κ3) is 2.66. The summed E-state index contributed by atoms with van der Waals surface area (Å²) in [6.07, 6.45) is 0. The molecule has 1 aliphatic heterocycles. The summed E-state index contributed by atoms with van der Waals surface area (Å²) in [5.74, 6) is -0.277. The fourth-order valence-electron chi connectivity index (χ4n) is 2.26. The van der Waals surface area contributed by atoms with E-state index in [9.17, 15) is 4.39 Å². The van der Waals surface area contributed by atoms with Gasteiger partial charge in [0.15, 0.2) is 0 Å². The quantitative estimate of drug-likeness (QED) is 0.815. The predicted octanol–water partition coefficient (Wildman–Crippen LogP) is 2.67. The zero-order chi connectivity index (χ0) is 11.7. The largest absolute Gasteiger partial charge is 0.368 e. The Morgan fingerprint density at radius 1 is 1.25 bits per heavy atom. The van der Waals surface area contributed by atoms with Gasteiger partial charge in [0, 0.05) is 35.9 Å². The molecule has 88 valence electrons. The van der Waals surface area contributed by atoms with Crippen molar-refractivity contribution in [2.45, 2.75) is 25.9 Å². The van der Waals surface area contributed by atoms with Gasteiger partial charge in [-0.2, -0.15) is 0 Å². The monoisotopic (exact) mass is 242 g/mol. The fourth-order valence-corrected chi connectivity index (χ4v) is 2.48. The molecule has 1 aromatic carbocycles. The highest BCUT2D eigenvalue weighted by Gasteiger charge is 2.21. The normalized spacial score (nSPS) is 25.9. The molecule has 2 atom stereocenters. The lowest BCUT2D eigenvalue weighted by molar-refractivity contribution is 0.406. The van der Waals surface area contributed by atoms with E-state index in [0.29, 0.717) is 17.1 Å². The Kier molecular flexibility index (Phi) is 3.36. The highest BCUT2D eigenvalue weighted by molar-refractivity contribution is 6.30. The number of rotatable bonds is 1. The van der Waals surface area contributed by atoms with Crippen molar-refractivity contribution in [1.82, 2.24) is 5.32 Å². The fraction of sp³-hybridized carbons (Fsp3) is 0.500. The summed E-state index contributed by atoms with van der Waals surface area (Å²) < 4.78 is 13.3. The van der Waals surface area contributed by atoms with E-state index in [-0.39, 0.29) is 5.82 Å². The van der Waals surface area contributed by atoms with Gasteiger partial charge in [-0.05, 0) is 32.0 Å². The molecule has 0 aliphatic carbocycles. The molecule has 0 aromatic heterocycles. The smallest absolute Gasteiger partial charge is 0.126 e. The Morgan fingerprint density at radius 3 is 2.44 bits per heavy atom. The highest BCUT2D eigenvalue weighted by Crippen LogP contribution is 2.23. The molecule has 0 amide bonds. The zero-order valence-electron chi connectivity index (χ0n) is 9.50. The Labute approximate surface area is 100 Å². The Morgan fingerprint density at radius 2 is 1.88 bits per heavy atom. The lowest BCUT2D eigenvalue weighted by atomic mass is 10.1. The van der Waals surface area contributed by atoms with Crippen molar-refractivity contribution >= 4 is 17.3 Å². The van der Waals surface area contributed by atoms with Crippen LogP contribution in [0.5, 0.6) is 0 Å². The summed E-state index contributed by atoms with van der Waals surface area (Å²) >= 11 is 5.86. The van der Waals surface area contributed by atoms with Crippen LogP contribution in [0.4, 0.5) is 10.1 Å². The van der Waals surface area contributed by atoms with Crippen LogP contribution in [-0.4, -0.2) is 25.2 Å². The van der Waals surface area contributed by atoms with Gasteiger partial charge in [-0.15, -0.1) is 0 Å². The second kappa shape index (κ2) is 4.60. The maximum absolute atomic E-state index is 13.3. The number of benzene rings is 1. The lowest BCUT2D eigenvalue weighted by Gasteiger charge is -2.37. The van der Waals surface area contributed by atoms with Crippen LogP contribution in [0.1, 0.15) is 13.8 Å². The topological polar surface area (TPSA) is 15.3 Å². The average Bonchev–Trinajstić information content (AvgIpc) is 2.14. The molecule has 0 radical (unpaired) electrons. The van der Waals surface area contributed by atoms with Gasteiger partial charge in [0.1, 0.15) is 5.82 Å². The third-order valence-corrected chi connectivity index (χ3v) is 2.99. The molecule has 4 heteroatoms. The minimum Gasteiger partial charge on any atom is -0.368 e. The second-order valence-corrected chi connectivity index (χ2v) is 4.94. The molecular weight excluding hydrogens is 227 g/mol. The van der Waals surface area contributed by atoms with Crippen LogP contribution in [0.15, 0.2) is 18.2 Å². The molecular formula is C12H16ClFN2. The molecule has 1 fully saturated rings. The number of nitrogens with zero attached hydrogens (tertiary/aromatic N) is 1. The van der Waals surface area contributed by atoms with Gasteiger partial charge in [0.25, 0.3) is 0 Å². The number of anilines is 1. The van der Waals surface area contributed by atoms with E-state index < -0.39 is 0 Å². The number of piperazine rings is 1. The van der Waals surface area contributed by atoms with E-state index in [1.807, 2.05) is 6.07 Å². The van der Waals surface area contributed by atoms with Crippen LogP contribution in [0, 0.1) is 5.82 Å². The van der Waals surface area contributed by atoms with Gasteiger partial charge in [-0.25, -0.2) is 4.39 Å². The highest BCUT2D eigenvalue weighted by atomic mass is 35.5. The molecule has 1 saturated heterocycles. The standard InChI is InChI=1S/C12H16ClFN2/c1-8-6-16(7-9(2)15-8)12-4-10(13)3-11(14)5-12/h3-5,8-9,15H,6-7H2,1-2H3. The first-order chi connectivity index (χ1) is 7.54. The van der Waals surface area contributed by atoms with Crippen LogP contribution in [0.2, 0.25) is 5.02 Å². The molecule has 2 nitrogen and oxygen atoms in total.